The van der Waals surface area contributed by atoms with Crippen molar-refractivity contribution >= 4 is 11.6 Å². The van der Waals surface area contributed by atoms with Gasteiger partial charge in [-0.2, -0.15) is 0 Å². The predicted octanol–water partition coefficient (Wildman–Crippen LogP) is 4.92. The van der Waals surface area contributed by atoms with Crippen molar-refractivity contribution in [2.24, 2.45) is 0 Å². The van der Waals surface area contributed by atoms with Gasteiger partial charge in [-0.25, -0.2) is 0 Å². The quantitative estimate of drug-likeness (QED) is 0.777. The molecule has 4 nitrogen and oxygen atoms in total. The van der Waals surface area contributed by atoms with Gasteiger partial charge in [-0.3, -0.25) is 4.79 Å². The van der Waals surface area contributed by atoms with E-state index in [2.05, 4.69) is 31.3 Å². The van der Waals surface area contributed by atoms with E-state index in [1.54, 1.807) is 0 Å². The maximum Gasteiger partial charge on any atom is 0.262 e. The first-order valence-electron chi connectivity index (χ1n) is 8.65. The van der Waals surface area contributed by atoms with Gasteiger partial charge in [-0.15, -0.1) is 0 Å². The summed E-state index contributed by atoms with van der Waals surface area (Å²) in [5.74, 6) is 1.64. The molecule has 0 aliphatic heterocycles. The van der Waals surface area contributed by atoms with Crippen LogP contribution in [0.4, 0.5) is 5.69 Å². The predicted molar refractivity (Wildman–Crippen MR) is 102 cm³/mol. The van der Waals surface area contributed by atoms with Gasteiger partial charge < -0.3 is 14.8 Å². The molecule has 0 atom stereocenters. The minimum absolute atomic E-state index is 0.0293. The van der Waals surface area contributed by atoms with Crippen LogP contribution in [0.5, 0.6) is 11.5 Å². The molecule has 0 heterocycles. The summed E-state index contributed by atoms with van der Waals surface area (Å²) in [6.07, 6.45) is 0.0880. The third-order valence-electron chi connectivity index (χ3n) is 3.64. The Bertz CT molecular complexity index is 723. The second kappa shape index (κ2) is 8.56. The third kappa shape index (κ3) is 5.82. The highest BCUT2D eigenvalue weighted by atomic mass is 16.5. The van der Waals surface area contributed by atoms with E-state index in [0.29, 0.717) is 11.6 Å². The summed E-state index contributed by atoms with van der Waals surface area (Å²) >= 11 is 0. The molecule has 2 aromatic rings. The Labute approximate surface area is 150 Å². The van der Waals surface area contributed by atoms with Crippen LogP contribution >= 0.6 is 0 Å². The number of carbonyl (C=O) groups excluding carboxylic acids is 1. The maximum absolute atomic E-state index is 12.2. The van der Waals surface area contributed by atoms with Gasteiger partial charge in [0.25, 0.3) is 5.91 Å². The van der Waals surface area contributed by atoms with Gasteiger partial charge in [0.2, 0.25) is 0 Å². The van der Waals surface area contributed by atoms with Gasteiger partial charge >= 0.3 is 0 Å². The lowest BCUT2D eigenvalue weighted by Crippen LogP contribution is -2.20. The largest absolute Gasteiger partial charge is 0.491 e. The molecule has 0 unspecified atom stereocenters. The van der Waals surface area contributed by atoms with Crippen molar-refractivity contribution in [1.82, 2.24) is 0 Å². The minimum Gasteiger partial charge on any atom is -0.491 e. The lowest BCUT2D eigenvalue weighted by molar-refractivity contribution is -0.118. The van der Waals surface area contributed by atoms with Crippen LogP contribution in [-0.4, -0.2) is 18.6 Å². The topological polar surface area (TPSA) is 47.6 Å². The number of hydrogen-bond acceptors (Lipinski definition) is 3. The molecule has 0 aromatic heterocycles. The third-order valence-corrected chi connectivity index (χ3v) is 3.64. The van der Waals surface area contributed by atoms with E-state index in [4.69, 9.17) is 9.47 Å². The van der Waals surface area contributed by atoms with Crippen LogP contribution < -0.4 is 14.8 Å². The highest BCUT2D eigenvalue weighted by Crippen LogP contribution is 2.27. The van der Waals surface area contributed by atoms with E-state index < -0.39 is 0 Å². The van der Waals surface area contributed by atoms with Crippen molar-refractivity contribution in [2.45, 2.75) is 46.6 Å². The number of anilines is 1. The SMILES string of the molecule is Cc1ccc(C(C)C)c(OCC(=O)Nc2cccc(OC(C)C)c2)c1. The monoisotopic (exact) mass is 341 g/mol. The Morgan fingerprint density at radius 2 is 1.84 bits per heavy atom. The lowest BCUT2D eigenvalue weighted by atomic mass is 10.0. The first kappa shape index (κ1) is 18.8. The van der Waals surface area contributed by atoms with Crippen molar-refractivity contribution in [2.75, 3.05) is 11.9 Å². The molecule has 0 spiro atoms. The number of nitrogens with one attached hydrogen (secondary N) is 1. The molecule has 0 saturated heterocycles. The van der Waals surface area contributed by atoms with Crippen molar-refractivity contribution in [1.29, 1.82) is 0 Å². The summed E-state index contributed by atoms with van der Waals surface area (Å²) in [4.78, 5) is 12.2. The van der Waals surface area contributed by atoms with Gasteiger partial charge in [0, 0.05) is 11.8 Å². The summed E-state index contributed by atoms with van der Waals surface area (Å²) in [6, 6.07) is 13.4. The van der Waals surface area contributed by atoms with Crippen molar-refractivity contribution in [3.63, 3.8) is 0 Å². The van der Waals surface area contributed by atoms with Crippen LogP contribution in [-0.2, 0) is 4.79 Å². The van der Waals surface area contributed by atoms with E-state index in [1.165, 1.54) is 0 Å². The number of ether oxygens (including phenoxy) is 2. The number of hydrogen-bond donors (Lipinski definition) is 1. The Morgan fingerprint density at radius 3 is 2.52 bits per heavy atom. The Hall–Kier alpha value is -2.49. The molecule has 0 fully saturated rings. The second-order valence-corrected chi connectivity index (χ2v) is 6.73. The zero-order valence-electron chi connectivity index (χ0n) is 15.6. The maximum atomic E-state index is 12.2. The molecule has 2 aromatic carbocycles. The summed E-state index contributed by atoms with van der Waals surface area (Å²) in [5.41, 5.74) is 2.91. The summed E-state index contributed by atoms with van der Waals surface area (Å²) in [7, 11) is 0. The highest BCUT2D eigenvalue weighted by molar-refractivity contribution is 5.92. The van der Waals surface area contributed by atoms with Gasteiger partial charge in [0.1, 0.15) is 11.5 Å². The van der Waals surface area contributed by atoms with Crippen LogP contribution in [0.25, 0.3) is 0 Å². The van der Waals surface area contributed by atoms with E-state index in [9.17, 15) is 4.79 Å². The molecule has 4 heteroatoms. The molecule has 134 valence electrons. The van der Waals surface area contributed by atoms with Crippen LogP contribution in [0.1, 0.15) is 44.7 Å². The normalized spacial score (nSPS) is 10.8. The highest BCUT2D eigenvalue weighted by Gasteiger charge is 2.11. The average molecular weight is 341 g/mol. The first-order chi connectivity index (χ1) is 11.8. The fraction of sp³-hybridized carbons (Fsp3) is 0.381. The molecule has 1 amide bonds. The number of rotatable bonds is 7. The average Bonchev–Trinajstić information content (AvgIpc) is 2.52. The van der Waals surface area contributed by atoms with E-state index >= 15 is 0 Å². The number of benzene rings is 2. The van der Waals surface area contributed by atoms with Gasteiger partial charge in [0.05, 0.1) is 6.10 Å². The summed E-state index contributed by atoms with van der Waals surface area (Å²) in [6.45, 7) is 10.1. The van der Waals surface area contributed by atoms with Crippen LogP contribution in [0.2, 0.25) is 0 Å². The molecule has 25 heavy (non-hydrogen) atoms. The number of aryl methyl sites for hydroxylation is 1. The Kier molecular flexibility index (Phi) is 6.45. The Morgan fingerprint density at radius 1 is 1.08 bits per heavy atom. The molecule has 2 rings (SSSR count). The van der Waals surface area contributed by atoms with Crippen LogP contribution in [0.15, 0.2) is 42.5 Å². The fourth-order valence-electron chi connectivity index (χ4n) is 2.50. The van der Waals surface area contributed by atoms with Gasteiger partial charge in [0.15, 0.2) is 6.61 Å². The van der Waals surface area contributed by atoms with Gasteiger partial charge in [-0.05, 0) is 56.0 Å². The van der Waals surface area contributed by atoms with Crippen LogP contribution in [0.3, 0.4) is 0 Å². The first-order valence-corrected chi connectivity index (χ1v) is 8.65. The zero-order valence-corrected chi connectivity index (χ0v) is 15.6. The van der Waals surface area contributed by atoms with E-state index in [-0.39, 0.29) is 18.6 Å². The minimum atomic E-state index is -0.196. The molecule has 0 bridgehead atoms. The molecule has 0 aliphatic carbocycles. The molecular weight excluding hydrogens is 314 g/mol. The Balaban J connectivity index is 1.99. The summed E-state index contributed by atoms with van der Waals surface area (Å²) in [5, 5.41) is 2.85. The van der Waals surface area contributed by atoms with Crippen LogP contribution in [0, 0.1) is 6.92 Å². The van der Waals surface area contributed by atoms with Gasteiger partial charge in [-0.1, -0.05) is 32.0 Å². The summed E-state index contributed by atoms with van der Waals surface area (Å²) < 4.78 is 11.4. The van der Waals surface area contributed by atoms with Crippen molar-refractivity contribution in [3.05, 3.63) is 53.6 Å². The second-order valence-electron chi connectivity index (χ2n) is 6.73. The zero-order chi connectivity index (χ0) is 18.4. The molecule has 0 radical (unpaired) electrons. The standard InChI is InChI=1S/C21H27NO3/c1-14(2)19-10-9-16(5)11-20(19)24-13-21(23)22-17-7-6-8-18(12-17)25-15(3)4/h6-12,14-15H,13H2,1-5H3,(H,22,23). The lowest BCUT2D eigenvalue weighted by Gasteiger charge is -2.15. The van der Waals surface area contributed by atoms with E-state index in [1.807, 2.05) is 51.1 Å². The van der Waals surface area contributed by atoms with Crippen molar-refractivity contribution < 1.29 is 14.3 Å². The van der Waals surface area contributed by atoms with E-state index in [0.717, 1.165) is 22.6 Å². The molecule has 0 saturated carbocycles. The smallest absolute Gasteiger partial charge is 0.262 e. The number of amides is 1. The molecular formula is C21H27NO3. The number of carbonyl (C=O) groups is 1. The fourth-order valence-corrected chi connectivity index (χ4v) is 2.50. The molecule has 1 N–H and O–H groups in total. The molecule has 0 aliphatic rings. The van der Waals surface area contributed by atoms with Crippen molar-refractivity contribution in [3.8, 4) is 11.5 Å².